The van der Waals surface area contributed by atoms with Crippen LogP contribution in [0.5, 0.6) is 0 Å². The zero-order valence-corrected chi connectivity index (χ0v) is 14.0. The molecular weight excluding hydrogens is 334 g/mol. The first-order valence-corrected chi connectivity index (χ1v) is 7.84. The topological polar surface area (TPSA) is 114 Å². The van der Waals surface area contributed by atoms with E-state index in [0.29, 0.717) is 0 Å². The molecule has 132 valence electrons. The predicted molar refractivity (Wildman–Crippen MR) is 98.2 cm³/mol. The van der Waals surface area contributed by atoms with Gasteiger partial charge >= 0.3 is 5.69 Å². The summed E-state index contributed by atoms with van der Waals surface area (Å²) in [7, 11) is 1.41. The molecule has 0 aliphatic carbocycles. The Balaban J connectivity index is 2.05. The summed E-state index contributed by atoms with van der Waals surface area (Å²) >= 11 is 0. The zero-order chi connectivity index (χ0) is 18.7. The second-order valence-corrected chi connectivity index (χ2v) is 5.64. The first-order valence-electron chi connectivity index (χ1n) is 7.84. The highest BCUT2D eigenvalue weighted by Crippen LogP contribution is 2.18. The normalized spacial score (nSPS) is 10.5. The number of nitrogens with one attached hydrogen (secondary N) is 1. The number of nitrogens with zero attached hydrogens (tertiary/aromatic N) is 3. The summed E-state index contributed by atoms with van der Waals surface area (Å²) in [5.74, 6) is -0.595. The standard InChI is InChI=1S/C18H17N5O3/c1-22(17(25)13-9-5-6-10-20-13)14-15(19)23(18(26)21-16(14)24)11-12-7-3-2-4-8-12/h2-10H,11,19H2,1H3,(H,21,24,26). The molecule has 0 radical (unpaired) electrons. The van der Waals surface area contributed by atoms with E-state index in [9.17, 15) is 14.4 Å². The number of aromatic nitrogens is 3. The number of hydrogen-bond donors (Lipinski definition) is 2. The van der Waals surface area contributed by atoms with Crippen LogP contribution in [-0.4, -0.2) is 27.5 Å². The van der Waals surface area contributed by atoms with E-state index in [1.165, 1.54) is 23.9 Å². The van der Waals surface area contributed by atoms with Gasteiger partial charge in [0.05, 0.1) is 6.54 Å². The minimum Gasteiger partial charge on any atom is -0.383 e. The molecule has 0 unspecified atom stereocenters. The molecule has 0 aliphatic rings. The molecule has 26 heavy (non-hydrogen) atoms. The lowest BCUT2D eigenvalue weighted by molar-refractivity contribution is 0.0988. The van der Waals surface area contributed by atoms with Gasteiger partial charge in [-0.05, 0) is 17.7 Å². The number of carbonyl (C=O) groups is 1. The molecule has 8 nitrogen and oxygen atoms in total. The fourth-order valence-electron chi connectivity index (χ4n) is 2.59. The molecule has 0 saturated carbocycles. The first-order chi connectivity index (χ1) is 12.5. The van der Waals surface area contributed by atoms with E-state index < -0.39 is 17.2 Å². The van der Waals surface area contributed by atoms with Gasteiger partial charge in [0.15, 0.2) is 5.69 Å². The van der Waals surface area contributed by atoms with Crippen molar-refractivity contribution in [3.63, 3.8) is 0 Å². The Morgan fingerprint density at radius 3 is 2.50 bits per heavy atom. The van der Waals surface area contributed by atoms with Gasteiger partial charge in [0.2, 0.25) is 0 Å². The van der Waals surface area contributed by atoms with Gasteiger partial charge in [-0.3, -0.25) is 24.1 Å². The molecule has 8 heteroatoms. The van der Waals surface area contributed by atoms with E-state index in [4.69, 9.17) is 5.73 Å². The summed E-state index contributed by atoms with van der Waals surface area (Å²) in [6, 6.07) is 14.1. The molecule has 2 heterocycles. The Morgan fingerprint density at radius 1 is 1.15 bits per heavy atom. The fourth-order valence-corrected chi connectivity index (χ4v) is 2.59. The third-order valence-electron chi connectivity index (χ3n) is 3.92. The van der Waals surface area contributed by atoms with Crippen LogP contribution in [0.15, 0.2) is 64.3 Å². The van der Waals surface area contributed by atoms with Crippen molar-refractivity contribution in [2.45, 2.75) is 6.54 Å². The van der Waals surface area contributed by atoms with Gasteiger partial charge in [0, 0.05) is 13.2 Å². The van der Waals surface area contributed by atoms with Gasteiger partial charge in [-0.25, -0.2) is 4.79 Å². The maximum absolute atomic E-state index is 12.6. The average molecular weight is 351 g/mol. The second-order valence-electron chi connectivity index (χ2n) is 5.64. The van der Waals surface area contributed by atoms with Crippen molar-refractivity contribution in [3.8, 4) is 0 Å². The van der Waals surface area contributed by atoms with E-state index in [2.05, 4.69) is 9.97 Å². The Hall–Kier alpha value is -3.68. The number of carbonyl (C=O) groups excluding carboxylic acids is 1. The molecule has 3 N–H and O–H groups in total. The summed E-state index contributed by atoms with van der Waals surface area (Å²) < 4.78 is 1.22. The molecule has 0 bridgehead atoms. The molecule has 1 aromatic carbocycles. The molecule has 1 amide bonds. The van der Waals surface area contributed by atoms with E-state index in [0.717, 1.165) is 10.5 Å². The van der Waals surface area contributed by atoms with Crippen molar-refractivity contribution < 1.29 is 4.79 Å². The van der Waals surface area contributed by atoms with Crippen LogP contribution in [0.4, 0.5) is 11.5 Å². The van der Waals surface area contributed by atoms with Gasteiger partial charge in [0.25, 0.3) is 11.5 Å². The van der Waals surface area contributed by atoms with Gasteiger partial charge in [-0.1, -0.05) is 36.4 Å². The summed E-state index contributed by atoms with van der Waals surface area (Å²) in [5.41, 5.74) is 5.60. The van der Waals surface area contributed by atoms with Gasteiger partial charge in [0.1, 0.15) is 11.5 Å². The predicted octanol–water partition coefficient (Wildman–Crippen LogP) is 0.839. The van der Waals surface area contributed by atoms with Gasteiger partial charge in [-0.2, -0.15) is 0 Å². The third-order valence-corrected chi connectivity index (χ3v) is 3.92. The lowest BCUT2D eigenvalue weighted by Gasteiger charge is -2.20. The summed E-state index contributed by atoms with van der Waals surface area (Å²) in [6.07, 6.45) is 1.48. The maximum Gasteiger partial charge on any atom is 0.330 e. The molecule has 0 saturated heterocycles. The number of rotatable bonds is 4. The number of nitrogens with two attached hydrogens (primary N) is 1. The van der Waals surface area contributed by atoms with E-state index in [1.807, 2.05) is 30.3 Å². The van der Waals surface area contributed by atoms with E-state index in [-0.39, 0.29) is 23.7 Å². The fraction of sp³-hybridized carbons (Fsp3) is 0.111. The number of amides is 1. The molecule has 0 spiro atoms. The largest absolute Gasteiger partial charge is 0.383 e. The molecule has 3 rings (SSSR count). The smallest absolute Gasteiger partial charge is 0.330 e. The van der Waals surface area contributed by atoms with Crippen molar-refractivity contribution in [1.82, 2.24) is 14.5 Å². The van der Waals surface area contributed by atoms with E-state index in [1.54, 1.807) is 12.1 Å². The van der Waals surface area contributed by atoms with Crippen molar-refractivity contribution in [2.24, 2.45) is 0 Å². The van der Waals surface area contributed by atoms with Crippen LogP contribution in [0.1, 0.15) is 16.1 Å². The maximum atomic E-state index is 12.6. The zero-order valence-electron chi connectivity index (χ0n) is 14.0. The number of H-pyrrole nitrogens is 1. The van der Waals surface area contributed by atoms with Crippen LogP contribution in [-0.2, 0) is 6.54 Å². The highest BCUT2D eigenvalue weighted by molar-refractivity contribution is 6.05. The van der Waals surface area contributed by atoms with E-state index >= 15 is 0 Å². The van der Waals surface area contributed by atoms with Crippen LogP contribution >= 0.6 is 0 Å². The molecule has 0 atom stereocenters. The van der Waals surface area contributed by atoms with Crippen molar-refractivity contribution in [3.05, 3.63) is 86.8 Å². The Bertz CT molecular complexity index is 1040. The minimum absolute atomic E-state index is 0.0885. The average Bonchev–Trinajstić information content (AvgIpc) is 2.66. The van der Waals surface area contributed by atoms with Gasteiger partial charge < -0.3 is 10.6 Å². The number of anilines is 2. The third kappa shape index (κ3) is 3.25. The lowest BCUT2D eigenvalue weighted by atomic mass is 10.2. The minimum atomic E-state index is -0.733. The molecule has 0 aliphatic heterocycles. The first kappa shape index (κ1) is 17.2. The number of hydrogen-bond acceptors (Lipinski definition) is 5. The van der Waals surface area contributed by atoms with Crippen LogP contribution in [0.3, 0.4) is 0 Å². The number of aromatic amines is 1. The van der Waals surface area contributed by atoms with Crippen LogP contribution in [0.2, 0.25) is 0 Å². The Kier molecular flexibility index (Phi) is 4.66. The number of benzene rings is 1. The quantitative estimate of drug-likeness (QED) is 0.723. The lowest BCUT2D eigenvalue weighted by Crippen LogP contribution is -2.39. The summed E-state index contributed by atoms with van der Waals surface area (Å²) in [6.45, 7) is 0.168. The number of nitrogen functional groups attached to an aromatic ring is 1. The second kappa shape index (κ2) is 7.06. The molecule has 3 aromatic rings. The summed E-state index contributed by atoms with van der Waals surface area (Å²) in [5, 5.41) is 0. The SMILES string of the molecule is CN(C(=O)c1ccccn1)c1c(N)n(Cc2ccccc2)c(=O)[nH]c1=O. The monoisotopic (exact) mass is 351 g/mol. The van der Waals surface area contributed by atoms with Crippen LogP contribution in [0.25, 0.3) is 0 Å². The van der Waals surface area contributed by atoms with Crippen LogP contribution < -0.4 is 21.9 Å². The van der Waals surface area contributed by atoms with Gasteiger partial charge in [-0.15, -0.1) is 0 Å². The highest BCUT2D eigenvalue weighted by atomic mass is 16.2. The van der Waals surface area contributed by atoms with Crippen molar-refractivity contribution in [1.29, 1.82) is 0 Å². The molecule has 0 fully saturated rings. The molecular formula is C18H17N5O3. The van der Waals surface area contributed by atoms with Crippen LogP contribution in [0, 0.1) is 0 Å². The highest BCUT2D eigenvalue weighted by Gasteiger charge is 2.22. The number of pyridine rings is 1. The summed E-state index contributed by atoms with van der Waals surface area (Å²) in [4.78, 5) is 44.3. The molecule has 2 aromatic heterocycles. The van der Waals surface area contributed by atoms with Crippen molar-refractivity contribution >= 4 is 17.4 Å². The Labute approximate surface area is 148 Å². The Morgan fingerprint density at radius 2 is 1.85 bits per heavy atom. The van der Waals surface area contributed by atoms with Crippen molar-refractivity contribution in [2.75, 3.05) is 17.7 Å².